The predicted octanol–water partition coefficient (Wildman–Crippen LogP) is 4.34. The number of nitrogens with zero attached hydrogens (tertiary/aromatic N) is 2. The van der Waals surface area contributed by atoms with Crippen molar-refractivity contribution >= 4 is 36.6 Å². The van der Waals surface area contributed by atoms with E-state index in [0.717, 1.165) is 27.9 Å². The molecule has 5 nitrogen and oxygen atoms in total. The van der Waals surface area contributed by atoms with Crippen molar-refractivity contribution < 1.29 is 8.57 Å². The number of fused-ring (bicyclic) bond motifs is 1. The van der Waals surface area contributed by atoms with Crippen LogP contribution in [0.5, 0.6) is 5.75 Å². The number of aromatic amines is 1. The number of hydrogen-bond acceptors (Lipinski definition) is 5. The molecule has 0 radical (unpaired) electrons. The van der Waals surface area contributed by atoms with E-state index in [1.807, 2.05) is 29.7 Å². The molecule has 27 heavy (non-hydrogen) atoms. The molecule has 0 spiro atoms. The minimum Gasteiger partial charge on any atom is -0.409 e. The van der Waals surface area contributed by atoms with Gasteiger partial charge < -0.3 is 4.18 Å². The first-order valence-electron chi connectivity index (χ1n) is 8.58. The van der Waals surface area contributed by atoms with Crippen molar-refractivity contribution in [1.82, 2.24) is 20.0 Å². The first kappa shape index (κ1) is 20.0. The SMILES string of the molecule is CN(NC1(C)CC1)SOc1ccc2c(Cc3ccc(F)cc3)n[nH]c2c1.S. The Kier molecular flexibility index (Phi) is 6.00. The van der Waals surface area contributed by atoms with Gasteiger partial charge in [-0.25, -0.2) is 9.82 Å². The normalized spacial score (nSPS) is 15.0. The van der Waals surface area contributed by atoms with Gasteiger partial charge in [0.05, 0.1) is 11.2 Å². The van der Waals surface area contributed by atoms with Gasteiger partial charge in [0.15, 0.2) is 12.2 Å². The molecular weight excluding hydrogens is 383 g/mol. The quantitative estimate of drug-likeness (QED) is 0.347. The van der Waals surface area contributed by atoms with Crippen LogP contribution in [0.25, 0.3) is 10.9 Å². The van der Waals surface area contributed by atoms with E-state index >= 15 is 0 Å². The number of nitrogens with one attached hydrogen (secondary N) is 2. The number of benzene rings is 2. The molecule has 1 saturated carbocycles. The number of rotatable bonds is 7. The van der Waals surface area contributed by atoms with Crippen molar-refractivity contribution in [2.75, 3.05) is 7.05 Å². The van der Waals surface area contributed by atoms with E-state index in [-0.39, 0.29) is 24.9 Å². The summed E-state index contributed by atoms with van der Waals surface area (Å²) in [6.45, 7) is 2.20. The highest BCUT2D eigenvalue weighted by molar-refractivity contribution is 7.92. The van der Waals surface area contributed by atoms with E-state index in [0.29, 0.717) is 6.42 Å². The third kappa shape index (κ3) is 4.95. The fourth-order valence-electron chi connectivity index (χ4n) is 2.83. The molecule has 8 heteroatoms. The topological polar surface area (TPSA) is 53.2 Å². The minimum atomic E-state index is -0.227. The third-order valence-corrected chi connectivity index (χ3v) is 5.15. The fourth-order valence-corrected chi connectivity index (χ4v) is 3.39. The summed E-state index contributed by atoms with van der Waals surface area (Å²) in [7, 11) is 1.95. The zero-order valence-corrected chi connectivity index (χ0v) is 17.1. The van der Waals surface area contributed by atoms with Crippen molar-refractivity contribution in [3.63, 3.8) is 0 Å². The van der Waals surface area contributed by atoms with E-state index in [9.17, 15) is 4.39 Å². The van der Waals surface area contributed by atoms with Crippen LogP contribution in [0.1, 0.15) is 31.0 Å². The smallest absolute Gasteiger partial charge is 0.161 e. The standard InChI is InChI=1S/C19H21FN4OS.H2S/c1-19(9-10-19)23-24(2)26-25-15-7-8-16-17(21-22-18(16)12-15)11-13-3-5-14(20)6-4-13;/h3-8,12,23H,9-11H2,1-2H3,(H,21,22);1H2. The molecule has 2 N–H and O–H groups in total. The molecule has 0 amide bonds. The Bertz CT molecular complexity index is 912. The van der Waals surface area contributed by atoms with E-state index in [4.69, 9.17) is 4.18 Å². The van der Waals surface area contributed by atoms with Gasteiger partial charge in [-0.3, -0.25) is 5.10 Å². The van der Waals surface area contributed by atoms with Gasteiger partial charge in [-0.15, -0.1) is 0 Å². The summed E-state index contributed by atoms with van der Waals surface area (Å²) in [5, 5.41) is 8.50. The molecule has 1 aromatic heterocycles. The van der Waals surface area contributed by atoms with Crippen molar-refractivity contribution in [1.29, 1.82) is 0 Å². The Morgan fingerprint density at radius 3 is 2.70 bits per heavy atom. The summed E-state index contributed by atoms with van der Waals surface area (Å²) in [6, 6.07) is 12.4. The summed E-state index contributed by atoms with van der Waals surface area (Å²) in [5.41, 5.74) is 6.50. The van der Waals surface area contributed by atoms with Gasteiger partial charge in [0.2, 0.25) is 0 Å². The van der Waals surface area contributed by atoms with Gasteiger partial charge in [0, 0.05) is 30.5 Å². The van der Waals surface area contributed by atoms with Crippen LogP contribution in [0.4, 0.5) is 4.39 Å². The van der Waals surface area contributed by atoms with Crippen molar-refractivity contribution in [3.05, 3.63) is 59.5 Å². The Labute approximate surface area is 169 Å². The summed E-state index contributed by atoms with van der Waals surface area (Å²) in [4.78, 5) is 0. The summed E-state index contributed by atoms with van der Waals surface area (Å²) in [6.07, 6.45) is 3.03. The zero-order chi connectivity index (χ0) is 18.1. The summed E-state index contributed by atoms with van der Waals surface area (Å²) in [5.74, 6) is 0.532. The van der Waals surface area contributed by atoms with Gasteiger partial charge in [0.25, 0.3) is 0 Å². The van der Waals surface area contributed by atoms with Crippen LogP contribution in [0.3, 0.4) is 0 Å². The second-order valence-corrected chi connectivity index (χ2v) is 7.87. The van der Waals surface area contributed by atoms with Crippen LogP contribution in [-0.2, 0) is 6.42 Å². The number of aromatic nitrogens is 2. The van der Waals surface area contributed by atoms with Crippen molar-refractivity contribution in [3.8, 4) is 5.75 Å². The van der Waals surface area contributed by atoms with Crippen molar-refractivity contribution in [2.45, 2.75) is 31.7 Å². The van der Waals surface area contributed by atoms with Crippen LogP contribution in [0, 0.1) is 5.82 Å². The lowest BCUT2D eigenvalue weighted by molar-refractivity contribution is 0.325. The average molecular weight is 407 g/mol. The lowest BCUT2D eigenvalue weighted by Crippen LogP contribution is -2.38. The summed E-state index contributed by atoms with van der Waals surface area (Å²) >= 11 is 1.27. The zero-order valence-electron chi connectivity index (χ0n) is 15.3. The average Bonchev–Trinajstić information content (AvgIpc) is 3.22. The van der Waals surface area contributed by atoms with Gasteiger partial charge in [-0.05, 0) is 49.6 Å². The predicted molar refractivity (Wildman–Crippen MR) is 112 cm³/mol. The van der Waals surface area contributed by atoms with Gasteiger partial charge in [0.1, 0.15) is 11.6 Å². The van der Waals surface area contributed by atoms with Crippen LogP contribution in [0.2, 0.25) is 0 Å². The van der Waals surface area contributed by atoms with Crippen LogP contribution >= 0.6 is 25.7 Å². The largest absolute Gasteiger partial charge is 0.409 e. The van der Waals surface area contributed by atoms with E-state index in [1.54, 1.807) is 12.1 Å². The molecule has 0 aliphatic heterocycles. The number of hydrazine groups is 1. The van der Waals surface area contributed by atoms with Crippen LogP contribution < -0.4 is 9.61 Å². The maximum absolute atomic E-state index is 13.0. The number of halogens is 1. The second kappa shape index (κ2) is 8.10. The number of hydrogen-bond donors (Lipinski definition) is 2. The molecule has 3 aromatic rings. The third-order valence-electron chi connectivity index (χ3n) is 4.57. The molecule has 0 unspecified atom stereocenters. The Hall–Kier alpha value is -1.74. The maximum Gasteiger partial charge on any atom is 0.161 e. The molecule has 1 heterocycles. The Balaban J connectivity index is 0.00000210. The van der Waals surface area contributed by atoms with E-state index in [1.165, 1.54) is 37.2 Å². The highest BCUT2D eigenvalue weighted by atomic mass is 32.2. The molecule has 4 rings (SSSR count). The van der Waals surface area contributed by atoms with Gasteiger partial charge in [-0.1, -0.05) is 12.1 Å². The molecule has 0 bridgehead atoms. The lowest BCUT2D eigenvalue weighted by Gasteiger charge is -2.20. The lowest BCUT2D eigenvalue weighted by atomic mass is 10.1. The molecule has 144 valence electrons. The second-order valence-electron chi connectivity index (χ2n) is 7.01. The highest BCUT2D eigenvalue weighted by Crippen LogP contribution is 2.35. The monoisotopic (exact) mass is 406 g/mol. The van der Waals surface area contributed by atoms with Crippen molar-refractivity contribution in [2.24, 2.45) is 0 Å². The van der Waals surface area contributed by atoms with Crippen LogP contribution in [0.15, 0.2) is 42.5 Å². The van der Waals surface area contributed by atoms with E-state index in [2.05, 4.69) is 22.5 Å². The number of H-pyrrole nitrogens is 1. The first-order valence-corrected chi connectivity index (χ1v) is 9.28. The Morgan fingerprint density at radius 1 is 1.26 bits per heavy atom. The van der Waals surface area contributed by atoms with Crippen LogP contribution in [-0.4, -0.2) is 27.2 Å². The molecule has 0 saturated heterocycles. The minimum absolute atomic E-state index is 0. The molecule has 0 atom stereocenters. The molecule has 2 aromatic carbocycles. The molecule has 1 fully saturated rings. The van der Waals surface area contributed by atoms with Gasteiger partial charge in [-0.2, -0.15) is 23.0 Å². The van der Waals surface area contributed by atoms with Gasteiger partial charge >= 0.3 is 0 Å². The molecule has 1 aliphatic carbocycles. The summed E-state index contributed by atoms with van der Waals surface area (Å²) < 4.78 is 20.7. The molecule has 1 aliphatic rings. The Morgan fingerprint density at radius 2 is 2.00 bits per heavy atom. The maximum atomic E-state index is 13.0. The fraction of sp³-hybridized carbons (Fsp3) is 0.316. The van der Waals surface area contributed by atoms with E-state index < -0.39 is 0 Å². The first-order chi connectivity index (χ1) is 12.5. The molecular formula is C19H23FN4OS2. The highest BCUT2D eigenvalue weighted by Gasteiger charge is 2.38.